The van der Waals surface area contributed by atoms with E-state index in [1.165, 1.54) is 0 Å². The second kappa shape index (κ2) is 9.74. The second-order valence-corrected chi connectivity index (χ2v) is 7.38. The van der Waals surface area contributed by atoms with Crippen LogP contribution in [-0.4, -0.2) is 14.5 Å². The predicted molar refractivity (Wildman–Crippen MR) is 108 cm³/mol. The fraction of sp³-hybridized carbons (Fsp3) is 0. The molecule has 0 aliphatic carbocycles. The van der Waals surface area contributed by atoms with Crippen molar-refractivity contribution in [1.29, 1.82) is 0 Å². The lowest BCUT2D eigenvalue weighted by Gasteiger charge is -2.17. The smallest absolute Gasteiger partial charge is 0.267 e. The number of benzene rings is 1. The summed E-state index contributed by atoms with van der Waals surface area (Å²) in [5.74, 6) is 3.39. The largest absolute Gasteiger partial charge is 0.465 e. The molecule has 166 valence electrons. The zero-order valence-corrected chi connectivity index (χ0v) is 17.8. The highest BCUT2D eigenvalue weighted by atomic mass is 35.7. The van der Waals surface area contributed by atoms with E-state index in [0.29, 0.717) is 0 Å². The molecule has 0 fully saturated rings. The van der Waals surface area contributed by atoms with Gasteiger partial charge in [0, 0.05) is 18.3 Å². The van der Waals surface area contributed by atoms with Gasteiger partial charge in [0.2, 0.25) is 5.82 Å². The summed E-state index contributed by atoms with van der Waals surface area (Å²) < 4.78 is 43.7. The Morgan fingerprint density at radius 1 is 0.788 bits per heavy atom. The molecular formula is C23H17ClN4O5. The third-order valence-electron chi connectivity index (χ3n) is 4.52. The minimum atomic E-state index is -4.94. The number of para-hydroxylation sites is 2. The van der Waals surface area contributed by atoms with Crippen LogP contribution in [0.5, 0.6) is 0 Å². The number of nitrogens with zero attached hydrogens (tertiary/aromatic N) is 4. The molecule has 0 aliphatic heterocycles. The lowest BCUT2D eigenvalue weighted by atomic mass is 10.3. The Morgan fingerprint density at radius 3 is 2.12 bits per heavy atom. The predicted octanol–water partition coefficient (Wildman–Crippen LogP) is -0.295. The third kappa shape index (κ3) is 5.50. The van der Waals surface area contributed by atoms with Gasteiger partial charge in [-0.3, -0.25) is 0 Å². The summed E-state index contributed by atoms with van der Waals surface area (Å²) in [5.41, 5.74) is 2.09. The molecule has 4 aromatic heterocycles. The number of hydrogen-bond donors (Lipinski definition) is 0. The lowest BCUT2D eigenvalue weighted by molar-refractivity contribution is -2.00. The van der Waals surface area contributed by atoms with Crippen LogP contribution in [0, 0.1) is 10.2 Å². The van der Waals surface area contributed by atoms with Crippen LogP contribution < -0.4 is 23.2 Å². The number of rotatable bonds is 4. The molecule has 33 heavy (non-hydrogen) atoms. The van der Waals surface area contributed by atoms with Gasteiger partial charge >= 0.3 is 0 Å². The monoisotopic (exact) mass is 464 g/mol. The van der Waals surface area contributed by atoms with E-state index >= 15 is 0 Å². The molecule has 0 N–H and O–H groups in total. The molecule has 0 spiro atoms. The molecule has 0 saturated heterocycles. The summed E-state index contributed by atoms with van der Waals surface area (Å²) in [6, 6.07) is 23.9. The van der Waals surface area contributed by atoms with Crippen molar-refractivity contribution in [2.75, 3.05) is 0 Å². The molecule has 0 amide bonds. The number of hydrogen-bond acceptors (Lipinski definition) is 7. The maximum Gasteiger partial charge on any atom is 0.267 e. The SMILES string of the molecule is C(=C\c1n(-c2ccccn2)c2ccccc2[n+]1-c1ccccn1)/c1ccco1.[O-][Cl+3]([O-])([O-])[O-]. The zero-order valence-electron chi connectivity index (χ0n) is 17.0. The number of pyridine rings is 2. The number of furan rings is 1. The van der Waals surface area contributed by atoms with E-state index in [4.69, 9.17) is 23.1 Å². The second-order valence-electron chi connectivity index (χ2n) is 6.62. The summed E-state index contributed by atoms with van der Waals surface area (Å²) in [6.07, 6.45) is 9.25. The number of halogens is 1. The van der Waals surface area contributed by atoms with Gasteiger partial charge in [0.1, 0.15) is 23.0 Å². The average molecular weight is 465 g/mol. The first kappa shape index (κ1) is 22.3. The molecular weight excluding hydrogens is 448 g/mol. The van der Waals surface area contributed by atoms with Crippen LogP contribution in [0.25, 0.3) is 34.8 Å². The molecule has 9 nitrogen and oxygen atoms in total. The fourth-order valence-electron chi connectivity index (χ4n) is 3.33. The Hall–Kier alpha value is -3.86. The van der Waals surface area contributed by atoms with Crippen LogP contribution in [0.3, 0.4) is 0 Å². The molecule has 0 unspecified atom stereocenters. The zero-order chi connectivity index (χ0) is 23.3. The fourth-order valence-corrected chi connectivity index (χ4v) is 3.33. The minimum absolute atomic E-state index is 0.783. The van der Waals surface area contributed by atoms with Gasteiger partial charge in [0.15, 0.2) is 5.82 Å². The van der Waals surface area contributed by atoms with Gasteiger partial charge < -0.3 is 4.42 Å². The Balaban J connectivity index is 0.000000471. The molecule has 0 aliphatic rings. The van der Waals surface area contributed by atoms with Gasteiger partial charge in [-0.1, -0.05) is 24.3 Å². The van der Waals surface area contributed by atoms with Crippen molar-refractivity contribution in [3.63, 3.8) is 0 Å². The Bertz CT molecular complexity index is 1270. The van der Waals surface area contributed by atoms with Gasteiger partial charge in [0.05, 0.1) is 6.26 Å². The van der Waals surface area contributed by atoms with Gasteiger partial charge in [-0.05, 0) is 48.5 Å². The molecule has 0 bridgehead atoms. The quantitative estimate of drug-likeness (QED) is 0.333. The van der Waals surface area contributed by atoms with Crippen molar-refractivity contribution in [3.05, 3.63) is 103 Å². The topological polar surface area (TPSA) is 140 Å². The molecule has 1 aromatic carbocycles. The molecule has 4 heterocycles. The molecule has 0 radical (unpaired) electrons. The van der Waals surface area contributed by atoms with E-state index in [1.807, 2.05) is 72.8 Å². The van der Waals surface area contributed by atoms with Crippen molar-refractivity contribution < 1.29 is 37.9 Å². The number of aromatic nitrogens is 4. The van der Waals surface area contributed by atoms with Crippen molar-refractivity contribution in [3.8, 4) is 11.6 Å². The summed E-state index contributed by atoms with van der Waals surface area (Å²) in [7, 11) is -4.94. The van der Waals surface area contributed by atoms with Crippen LogP contribution in [-0.2, 0) is 0 Å². The van der Waals surface area contributed by atoms with Crippen molar-refractivity contribution in [2.45, 2.75) is 0 Å². The Labute approximate surface area is 190 Å². The van der Waals surface area contributed by atoms with Crippen LogP contribution >= 0.6 is 0 Å². The number of imidazole rings is 1. The van der Waals surface area contributed by atoms with E-state index in [0.717, 1.165) is 34.3 Å². The normalized spacial score (nSPS) is 11.5. The highest BCUT2D eigenvalue weighted by molar-refractivity contribution is 5.78. The van der Waals surface area contributed by atoms with Crippen LogP contribution in [0.1, 0.15) is 11.6 Å². The molecule has 0 atom stereocenters. The first-order valence-electron chi connectivity index (χ1n) is 9.63. The van der Waals surface area contributed by atoms with E-state index in [9.17, 15) is 0 Å². The highest BCUT2D eigenvalue weighted by Crippen LogP contribution is 2.22. The molecule has 10 heteroatoms. The first-order valence-corrected chi connectivity index (χ1v) is 10.9. The Kier molecular flexibility index (Phi) is 6.59. The molecule has 5 aromatic rings. The summed E-state index contributed by atoms with van der Waals surface area (Å²) >= 11 is 0. The van der Waals surface area contributed by atoms with Crippen molar-refractivity contribution >= 4 is 23.2 Å². The maximum absolute atomic E-state index is 8.49. The molecule has 0 saturated carbocycles. The lowest BCUT2D eigenvalue weighted by Crippen LogP contribution is -2.68. The van der Waals surface area contributed by atoms with Crippen LogP contribution in [0.2, 0.25) is 0 Å². The Morgan fingerprint density at radius 2 is 1.48 bits per heavy atom. The van der Waals surface area contributed by atoms with E-state index < -0.39 is 10.2 Å². The van der Waals surface area contributed by atoms with Crippen molar-refractivity contribution in [2.24, 2.45) is 0 Å². The summed E-state index contributed by atoms with van der Waals surface area (Å²) in [6.45, 7) is 0. The third-order valence-corrected chi connectivity index (χ3v) is 4.52. The molecule has 5 rings (SSSR count). The van der Waals surface area contributed by atoms with Crippen LogP contribution in [0.15, 0.2) is 95.9 Å². The van der Waals surface area contributed by atoms with Gasteiger partial charge in [-0.15, -0.1) is 15.2 Å². The number of fused-ring (bicyclic) bond motifs is 1. The van der Waals surface area contributed by atoms with Crippen molar-refractivity contribution in [1.82, 2.24) is 14.5 Å². The summed E-state index contributed by atoms with van der Waals surface area (Å²) in [4.78, 5) is 9.17. The minimum Gasteiger partial charge on any atom is -0.465 e. The van der Waals surface area contributed by atoms with Gasteiger partial charge in [0.25, 0.3) is 5.82 Å². The average Bonchev–Trinajstić information content (AvgIpc) is 3.43. The highest BCUT2D eigenvalue weighted by Gasteiger charge is 2.24. The van der Waals surface area contributed by atoms with E-state index in [2.05, 4.69) is 31.2 Å². The van der Waals surface area contributed by atoms with Gasteiger partial charge in [-0.25, -0.2) is 28.2 Å². The summed E-state index contributed by atoms with van der Waals surface area (Å²) in [5, 5.41) is 0. The first-order chi connectivity index (χ1) is 15.9. The van der Waals surface area contributed by atoms with Crippen LogP contribution in [0.4, 0.5) is 0 Å². The van der Waals surface area contributed by atoms with E-state index in [1.54, 1.807) is 18.7 Å². The van der Waals surface area contributed by atoms with Gasteiger partial charge in [-0.2, -0.15) is 4.57 Å². The van der Waals surface area contributed by atoms with E-state index in [-0.39, 0.29) is 0 Å². The standard InChI is InChI=1S/C23H17N4O.ClHO4/c1-2-10-20-19(9-1)26(21-11-3-5-15-24-21)23(14-13-18-8-7-17-28-18)27(20)22-12-4-6-16-25-22;2-1(3,4)5/h1-17H;(H,2,3,4,5)/q+1;/p-1/b14-13+;. The maximum atomic E-state index is 8.49.